The number of hydrogen-bond donors (Lipinski definition) is 3. The molecule has 0 saturated carbocycles. The Hall–Kier alpha value is -3.45. The second-order valence-corrected chi connectivity index (χ2v) is 7.57. The zero-order valence-electron chi connectivity index (χ0n) is 15.2. The number of nitro benzene ring substituents is 1. The maximum atomic E-state index is 12.1. The van der Waals surface area contributed by atoms with E-state index in [1.54, 1.807) is 12.3 Å². The van der Waals surface area contributed by atoms with Crippen LogP contribution in [0.15, 0.2) is 63.3 Å². The van der Waals surface area contributed by atoms with E-state index in [0.29, 0.717) is 0 Å². The zero-order chi connectivity index (χ0) is 21.5. The zero-order valence-corrected chi connectivity index (χ0v) is 17.6. The Balaban J connectivity index is 1.56. The number of thioether (sulfide) groups is 1. The standard InChI is InChI=1S/C17H15BrN8O3S/c18-12-5-3-4-11(8-12)9-20-22-16-23-24-17(25(16)19)30-10-15(27)21-13-6-1-2-7-14(13)26(28)29/h1-9H,10,19H2,(H,21,27)(H,22,23)/b20-9+. The van der Waals surface area contributed by atoms with Gasteiger partial charge in [-0.25, -0.2) is 10.1 Å². The van der Waals surface area contributed by atoms with Crippen molar-refractivity contribution in [3.05, 3.63) is 68.7 Å². The van der Waals surface area contributed by atoms with Crippen molar-refractivity contribution in [2.24, 2.45) is 5.10 Å². The molecule has 1 heterocycles. The molecule has 1 aromatic heterocycles. The average molecular weight is 491 g/mol. The predicted octanol–water partition coefficient (Wildman–Crippen LogP) is 2.84. The third-order valence-electron chi connectivity index (χ3n) is 3.60. The Bertz CT molecular complexity index is 1100. The van der Waals surface area contributed by atoms with Crippen LogP contribution in [0.3, 0.4) is 0 Å². The number of halogens is 1. The van der Waals surface area contributed by atoms with Crippen LogP contribution in [0, 0.1) is 10.1 Å². The van der Waals surface area contributed by atoms with Crippen LogP contribution >= 0.6 is 27.7 Å². The molecule has 4 N–H and O–H groups in total. The second kappa shape index (κ2) is 9.84. The number of nitrogen functional groups attached to an aromatic ring is 1. The average Bonchev–Trinajstić information content (AvgIpc) is 3.06. The monoisotopic (exact) mass is 490 g/mol. The van der Waals surface area contributed by atoms with E-state index < -0.39 is 10.8 Å². The number of carbonyl (C=O) groups is 1. The third-order valence-corrected chi connectivity index (χ3v) is 5.03. The number of nitro groups is 1. The minimum absolute atomic E-state index is 0.0668. The van der Waals surface area contributed by atoms with Gasteiger partial charge in [-0.3, -0.25) is 14.9 Å². The molecule has 154 valence electrons. The summed E-state index contributed by atoms with van der Waals surface area (Å²) in [4.78, 5) is 22.6. The molecule has 0 atom stereocenters. The Labute approximate surface area is 183 Å². The van der Waals surface area contributed by atoms with Crippen LogP contribution in [-0.2, 0) is 4.79 Å². The molecule has 1 amide bonds. The molecular weight excluding hydrogens is 476 g/mol. The maximum absolute atomic E-state index is 12.1. The number of hydrogen-bond acceptors (Lipinski definition) is 9. The summed E-state index contributed by atoms with van der Waals surface area (Å²) in [7, 11) is 0. The van der Waals surface area contributed by atoms with Gasteiger partial charge in [0.2, 0.25) is 11.1 Å². The normalized spacial score (nSPS) is 10.8. The van der Waals surface area contributed by atoms with Crippen molar-refractivity contribution in [2.75, 3.05) is 22.3 Å². The number of benzene rings is 2. The van der Waals surface area contributed by atoms with Gasteiger partial charge < -0.3 is 11.2 Å². The van der Waals surface area contributed by atoms with Crippen molar-refractivity contribution >= 4 is 57.1 Å². The van der Waals surface area contributed by atoms with E-state index in [1.165, 1.54) is 18.2 Å². The summed E-state index contributed by atoms with van der Waals surface area (Å²) in [6.45, 7) is 0. The second-order valence-electron chi connectivity index (χ2n) is 5.71. The van der Waals surface area contributed by atoms with Gasteiger partial charge in [0.15, 0.2) is 0 Å². The van der Waals surface area contributed by atoms with Gasteiger partial charge in [-0.05, 0) is 23.8 Å². The SMILES string of the molecule is Nn1c(N/N=C/c2cccc(Br)c2)nnc1SCC(=O)Nc1ccccc1[N+](=O)[O-]. The summed E-state index contributed by atoms with van der Waals surface area (Å²) in [5, 5.41) is 25.6. The number of nitrogens with zero attached hydrogens (tertiary/aromatic N) is 5. The molecule has 0 radical (unpaired) electrons. The first-order valence-electron chi connectivity index (χ1n) is 8.35. The minimum Gasteiger partial charge on any atom is -0.334 e. The van der Waals surface area contributed by atoms with Crippen molar-refractivity contribution in [1.29, 1.82) is 0 Å². The lowest BCUT2D eigenvalue weighted by atomic mass is 10.2. The van der Waals surface area contributed by atoms with E-state index in [-0.39, 0.29) is 28.2 Å². The molecule has 0 saturated heterocycles. The molecule has 3 rings (SSSR count). The summed E-state index contributed by atoms with van der Waals surface area (Å²) < 4.78 is 2.08. The van der Waals surface area contributed by atoms with Gasteiger partial charge in [-0.2, -0.15) is 5.10 Å². The molecule has 30 heavy (non-hydrogen) atoms. The molecule has 13 heteroatoms. The fourth-order valence-corrected chi connectivity index (χ4v) is 3.33. The van der Waals surface area contributed by atoms with Crippen LogP contribution in [0.25, 0.3) is 0 Å². The van der Waals surface area contributed by atoms with Gasteiger partial charge in [0, 0.05) is 10.5 Å². The summed E-state index contributed by atoms with van der Waals surface area (Å²) in [5.74, 6) is 5.59. The van der Waals surface area contributed by atoms with Crippen molar-refractivity contribution in [2.45, 2.75) is 5.16 Å². The molecule has 0 fully saturated rings. The highest BCUT2D eigenvalue weighted by molar-refractivity contribution is 9.10. The van der Waals surface area contributed by atoms with E-state index in [2.05, 4.69) is 42.0 Å². The van der Waals surface area contributed by atoms with Crippen molar-refractivity contribution in [3.8, 4) is 0 Å². The lowest BCUT2D eigenvalue weighted by Gasteiger charge is -2.06. The van der Waals surface area contributed by atoms with E-state index in [4.69, 9.17) is 5.84 Å². The largest absolute Gasteiger partial charge is 0.334 e. The highest BCUT2D eigenvalue weighted by atomic mass is 79.9. The number of nitrogens with one attached hydrogen (secondary N) is 2. The van der Waals surface area contributed by atoms with E-state index >= 15 is 0 Å². The summed E-state index contributed by atoms with van der Waals surface area (Å²) in [6, 6.07) is 13.4. The van der Waals surface area contributed by atoms with Gasteiger partial charge in [-0.1, -0.05) is 52.0 Å². The fourth-order valence-electron chi connectivity index (χ4n) is 2.26. The van der Waals surface area contributed by atoms with Gasteiger partial charge in [0.05, 0.1) is 16.9 Å². The van der Waals surface area contributed by atoms with E-state index in [1.807, 2.05) is 24.3 Å². The van der Waals surface area contributed by atoms with Crippen LogP contribution in [0.1, 0.15) is 5.56 Å². The van der Waals surface area contributed by atoms with Crippen molar-refractivity contribution in [3.63, 3.8) is 0 Å². The molecule has 0 aliphatic carbocycles. The lowest BCUT2D eigenvalue weighted by Crippen LogP contribution is -2.17. The van der Waals surface area contributed by atoms with E-state index in [9.17, 15) is 14.9 Å². The maximum Gasteiger partial charge on any atom is 0.292 e. The number of hydrazone groups is 1. The van der Waals surface area contributed by atoms with Gasteiger partial charge >= 0.3 is 0 Å². The molecule has 0 aliphatic heterocycles. The molecule has 0 unspecified atom stereocenters. The van der Waals surface area contributed by atoms with Gasteiger partial charge in [0.1, 0.15) is 5.69 Å². The fraction of sp³-hybridized carbons (Fsp3) is 0.0588. The van der Waals surface area contributed by atoms with Crippen molar-refractivity contribution in [1.82, 2.24) is 14.9 Å². The number of anilines is 2. The highest BCUT2D eigenvalue weighted by Crippen LogP contribution is 2.24. The minimum atomic E-state index is -0.564. The molecular formula is C17H15BrN8O3S. The topological polar surface area (TPSA) is 153 Å². The quantitative estimate of drug-likeness (QED) is 0.143. The predicted molar refractivity (Wildman–Crippen MR) is 118 cm³/mol. The number of rotatable bonds is 8. The number of aromatic nitrogens is 3. The summed E-state index contributed by atoms with van der Waals surface area (Å²) in [5.41, 5.74) is 3.47. The smallest absolute Gasteiger partial charge is 0.292 e. The Morgan fingerprint density at radius 2 is 2.10 bits per heavy atom. The first kappa shape index (κ1) is 21.3. The molecule has 0 spiro atoms. The summed E-state index contributed by atoms with van der Waals surface area (Å²) in [6.07, 6.45) is 1.59. The Morgan fingerprint density at radius 1 is 1.30 bits per heavy atom. The molecule has 3 aromatic rings. The lowest BCUT2D eigenvalue weighted by molar-refractivity contribution is -0.383. The molecule has 2 aromatic carbocycles. The molecule has 0 aliphatic rings. The number of amides is 1. The number of para-hydroxylation sites is 2. The first-order chi connectivity index (χ1) is 14.4. The van der Waals surface area contributed by atoms with Crippen LogP contribution < -0.4 is 16.6 Å². The molecule has 11 nitrogen and oxygen atoms in total. The third kappa shape index (κ3) is 5.55. The van der Waals surface area contributed by atoms with Gasteiger partial charge in [-0.15, -0.1) is 10.2 Å². The Kier molecular flexibility index (Phi) is 6.98. The first-order valence-corrected chi connectivity index (χ1v) is 10.1. The van der Waals surface area contributed by atoms with Crippen LogP contribution in [0.4, 0.5) is 17.3 Å². The van der Waals surface area contributed by atoms with Crippen molar-refractivity contribution < 1.29 is 9.72 Å². The highest BCUT2D eigenvalue weighted by Gasteiger charge is 2.16. The molecule has 0 bridgehead atoms. The Morgan fingerprint density at radius 3 is 2.87 bits per heavy atom. The van der Waals surface area contributed by atoms with Gasteiger partial charge in [0.25, 0.3) is 11.6 Å². The summed E-state index contributed by atoms with van der Waals surface area (Å²) >= 11 is 4.40. The van der Waals surface area contributed by atoms with Crippen LogP contribution in [0.5, 0.6) is 0 Å². The number of carbonyl (C=O) groups excluding carboxylic acids is 1. The van der Waals surface area contributed by atoms with Crippen LogP contribution in [0.2, 0.25) is 0 Å². The van der Waals surface area contributed by atoms with Crippen LogP contribution in [-0.4, -0.2) is 37.7 Å². The number of nitrogens with two attached hydrogens (primary N) is 1. The van der Waals surface area contributed by atoms with E-state index in [0.717, 1.165) is 26.5 Å².